The van der Waals surface area contributed by atoms with E-state index >= 15 is 0 Å². The SMILES string of the molecule is CC(C)(C)OC(=O)N1CCC(=O)C(c2ccnc(CN3CC(F)(F)C3)c2)C1. The molecule has 0 radical (unpaired) electrons. The number of Topliss-reactive ketones (excluding diaryl/α,β-unsaturated/α-hetero) is 1. The number of carbonyl (C=O) groups is 2. The molecule has 3 rings (SSSR count). The van der Waals surface area contributed by atoms with E-state index in [0.717, 1.165) is 5.56 Å². The summed E-state index contributed by atoms with van der Waals surface area (Å²) in [5.74, 6) is -3.02. The number of halogens is 2. The molecule has 1 aromatic heterocycles. The number of rotatable bonds is 3. The summed E-state index contributed by atoms with van der Waals surface area (Å²) in [7, 11) is 0. The zero-order valence-corrected chi connectivity index (χ0v) is 15.9. The maximum atomic E-state index is 13.0. The maximum absolute atomic E-state index is 13.0. The van der Waals surface area contributed by atoms with Crippen LogP contribution < -0.4 is 0 Å². The summed E-state index contributed by atoms with van der Waals surface area (Å²) in [5.41, 5.74) is 0.799. The molecule has 0 bridgehead atoms. The van der Waals surface area contributed by atoms with Crippen molar-refractivity contribution in [2.75, 3.05) is 26.2 Å². The molecule has 1 amide bonds. The van der Waals surface area contributed by atoms with Gasteiger partial charge in [-0.25, -0.2) is 13.6 Å². The minimum Gasteiger partial charge on any atom is -0.444 e. The van der Waals surface area contributed by atoms with Crippen molar-refractivity contribution >= 4 is 11.9 Å². The average Bonchev–Trinajstić information content (AvgIpc) is 2.52. The second-order valence-electron chi connectivity index (χ2n) is 8.28. The van der Waals surface area contributed by atoms with Crippen molar-refractivity contribution in [3.8, 4) is 0 Å². The molecule has 148 valence electrons. The Morgan fingerprint density at radius 3 is 2.70 bits per heavy atom. The summed E-state index contributed by atoms with van der Waals surface area (Å²) < 4.78 is 31.4. The molecule has 6 nitrogen and oxygen atoms in total. The first-order valence-corrected chi connectivity index (χ1v) is 9.08. The molecule has 27 heavy (non-hydrogen) atoms. The molecule has 2 aliphatic rings. The van der Waals surface area contributed by atoms with Crippen molar-refractivity contribution in [3.05, 3.63) is 29.6 Å². The number of pyridine rings is 1. The van der Waals surface area contributed by atoms with Gasteiger partial charge in [-0.1, -0.05) is 0 Å². The number of hydrogen-bond acceptors (Lipinski definition) is 5. The maximum Gasteiger partial charge on any atom is 0.410 e. The van der Waals surface area contributed by atoms with Crippen LogP contribution >= 0.6 is 0 Å². The smallest absolute Gasteiger partial charge is 0.410 e. The molecule has 1 unspecified atom stereocenters. The highest BCUT2D eigenvalue weighted by Crippen LogP contribution is 2.29. The Morgan fingerprint density at radius 2 is 2.07 bits per heavy atom. The van der Waals surface area contributed by atoms with Gasteiger partial charge in [0.15, 0.2) is 0 Å². The van der Waals surface area contributed by atoms with Crippen LogP contribution in [0.3, 0.4) is 0 Å². The first-order chi connectivity index (χ1) is 12.5. The van der Waals surface area contributed by atoms with Gasteiger partial charge < -0.3 is 9.64 Å². The van der Waals surface area contributed by atoms with Crippen molar-refractivity contribution in [2.45, 2.75) is 51.2 Å². The van der Waals surface area contributed by atoms with Crippen LogP contribution in [0.5, 0.6) is 0 Å². The Morgan fingerprint density at radius 1 is 1.37 bits per heavy atom. The molecule has 2 saturated heterocycles. The van der Waals surface area contributed by atoms with Gasteiger partial charge in [-0.05, 0) is 38.5 Å². The third-order valence-electron chi connectivity index (χ3n) is 4.61. The molecule has 8 heteroatoms. The summed E-state index contributed by atoms with van der Waals surface area (Å²) in [6.45, 7) is 5.76. The van der Waals surface area contributed by atoms with Crippen LogP contribution in [0.25, 0.3) is 0 Å². The predicted octanol–water partition coefficient (Wildman–Crippen LogP) is 2.83. The number of aromatic nitrogens is 1. The summed E-state index contributed by atoms with van der Waals surface area (Å²) in [6.07, 6.45) is 1.42. The van der Waals surface area contributed by atoms with Crippen molar-refractivity contribution in [1.82, 2.24) is 14.8 Å². The second kappa shape index (κ2) is 7.14. The Hall–Kier alpha value is -2.09. The third kappa shape index (κ3) is 5.00. The van der Waals surface area contributed by atoms with Crippen molar-refractivity contribution in [3.63, 3.8) is 0 Å². The zero-order valence-electron chi connectivity index (χ0n) is 15.9. The summed E-state index contributed by atoms with van der Waals surface area (Å²) in [4.78, 5) is 32.1. The predicted molar refractivity (Wildman–Crippen MR) is 94.6 cm³/mol. The number of hydrogen-bond donors (Lipinski definition) is 0. The summed E-state index contributed by atoms with van der Waals surface area (Å²) >= 11 is 0. The number of nitrogens with zero attached hydrogens (tertiary/aromatic N) is 3. The minimum absolute atomic E-state index is 0.0578. The number of amides is 1. The van der Waals surface area contributed by atoms with Gasteiger partial charge in [0.25, 0.3) is 5.92 Å². The highest BCUT2D eigenvalue weighted by atomic mass is 19.3. The molecule has 0 saturated carbocycles. The number of alkyl halides is 2. The molecular weight excluding hydrogens is 356 g/mol. The highest BCUT2D eigenvalue weighted by Gasteiger charge is 2.43. The number of carbonyl (C=O) groups excluding carboxylic acids is 2. The van der Waals surface area contributed by atoms with Crippen LogP contribution in [0.2, 0.25) is 0 Å². The van der Waals surface area contributed by atoms with Crippen LogP contribution in [-0.2, 0) is 16.1 Å². The second-order valence-corrected chi connectivity index (χ2v) is 8.28. The van der Waals surface area contributed by atoms with E-state index < -0.39 is 23.5 Å². The van der Waals surface area contributed by atoms with Gasteiger partial charge in [-0.15, -0.1) is 0 Å². The molecule has 0 aliphatic carbocycles. The lowest BCUT2D eigenvalue weighted by Crippen LogP contribution is -2.55. The van der Waals surface area contributed by atoms with E-state index in [1.165, 1.54) is 0 Å². The van der Waals surface area contributed by atoms with Gasteiger partial charge in [0.2, 0.25) is 0 Å². The van der Waals surface area contributed by atoms with E-state index in [1.54, 1.807) is 48.9 Å². The Balaban J connectivity index is 1.68. The standard InChI is InChI=1S/C19H25F2N3O3/c1-18(2,3)27-17(26)24-7-5-16(25)15(10-24)13-4-6-22-14(8-13)9-23-11-19(20,21)12-23/h4,6,8,15H,5,7,9-12H2,1-3H3. The van der Waals surface area contributed by atoms with Crippen molar-refractivity contribution in [2.24, 2.45) is 0 Å². The fourth-order valence-corrected chi connectivity index (χ4v) is 3.37. The first-order valence-electron chi connectivity index (χ1n) is 9.08. The molecule has 0 spiro atoms. The monoisotopic (exact) mass is 381 g/mol. The topological polar surface area (TPSA) is 62.7 Å². The van der Waals surface area contributed by atoms with Crippen LogP contribution in [0, 0.1) is 0 Å². The number of ketones is 1. The van der Waals surface area contributed by atoms with Gasteiger partial charge in [0.1, 0.15) is 11.4 Å². The lowest BCUT2D eigenvalue weighted by molar-refractivity contribution is -0.134. The van der Waals surface area contributed by atoms with Crippen LogP contribution in [-0.4, -0.2) is 64.4 Å². The third-order valence-corrected chi connectivity index (χ3v) is 4.61. The van der Waals surface area contributed by atoms with E-state index in [0.29, 0.717) is 18.8 Å². The van der Waals surface area contributed by atoms with E-state index in [9.17, 15) is 18.4 Å². The fourth-order valence-electron chi connectivity index (χ4n) is 3.37. The van der Waals surface area contributed by atoms with Gasteiger partial charge in [0.05, 0.1) is 24.7 Å². The van der Waals surface area contributed by atoms with E-state index in [2.05, 4.69) is 4.98 Å². The number of likely N-dealkylation sites (tertiary alicyclic amines) is 2. The van der Waals surface area contributed by atoms with E-state index in [4.69, 9.17) is 4.74 Å². The van der Waals surface area contributed by atoms with Crippen LogP contribution in [0.4, 0.5) is 13.6 Å². The number of ether oxygens (including phenoxy) is 1. The largest absolute Gasteiger partial charge is 0.444 e. The van der Waals surface area contributed by atoms with Crippen LogP contribution in [0.1, 0.15) is 44.4 Å². The molecule has 0 N–H and O–H groups in total. The molecule has 0 aromatic carbocycles. The molecule has 2 aliphatic heterocycles. The summed E-state index contributed by atoms with van der Waals surface area (Å²) in [5, 5.41) is 0. The van der Waals surface area contributed by atoms with Gasteiger partial charge in [0, 0.05) is 32.3 Å². The molecule has 2 fully saturated rings. The Bertz CT molecular complexity index is 725. The first kappa shape index (κ1) is 19.7. The minimum atomic E-state index is -2.62. The summed E-state index contributed by atoms with van der Waals surface area (Å²) in [6, 6.07) is 3.52. The Kier molecular flexibility index (Phi) is 5.20. The molecule has 1 aromatic rings. The Labute approximate surface area is 157 Å². The normalized spacial score (nSPS) is 23.1. The molecular formula is C19H25F2N3O3. The molecule has 3 heterocycles. The number of piperidine rings is 1. The highest BCUT2D eigenvalue weighted by molar-refractivity contribution is 5.88. The van der Waals surface area contributed by atoms with E-state index in [1.807, 2.05) is 0 Å². The molecule has 1 atom stereocenters. The van der Waals surface area contributed by atoms with Gasteiger partial charge >= 0.3 is 6.09 Å². The fraction of sp³-hybridized carbons (Fsp3) is 0.632. The zero-order chi connectivity index (χ0) is 19.8. The van der Waals surface area contributed by atoms with E-state index in [-0.39, 0.29) is 31.8 Å². The lowest BCUT2D eigenvalue weighted by Gasteiger charge is -2.38. The lowest BCUT2D eigenvalue weighted by atomic mass is 9.89. The van der Waals surface area contributed by atoms with Gasteiger partial charge in [-0.2, -0.15) is 0 Å². The van der Waals surface area contributed by atoms with Crippen LogP contribution in [0.15, 0.2) is 18.3 Å². The van der Waals surface area contributed by atoms with Gasteiger partial charge in [-0.3, -0.25) is 14.7 Å². The van der Waals surface area contributed by atoms with Crippen molar-refractivity contribution < 1.29 is 23.1 Å². The quantitative estimate of drug-likeness (QED) is 0.806. The average molecular weight is 381 g/mol. The van der Waals surface area contributed by atoms with Crippen molar-refractivity contribution in [1.29, 1.82) is 0 Å².